The van der Waals surface area contributed by atoms with Gasteiger partial charge in [0.25, 0.3) is 0 Å². The minimum absolute atomic E-state index is 0.204. The van der Waals surface area contributed by atoms with E-state index in [0.717, 1.165) is 45.4 Å². The molecular weight excluding hydrogens is 276 g/mol. The smallest absolute Gasteiger partial charge is 0.110 e. The summed E-state index contributed by atoms with van der Waals surface area (Å²) in [6, 6.07) is 10.9. The normalized spacial score (nSPS) is 28.7. The third-order valence-corrected chi connectivity index (χ3v) is 4.51. The molecule has 0 aliphatic carbocycles. The van der Waals surface area contributed by atoms with E-state index in [1.54, 1.807) is 0 Å². The first kappa shape index (κ1) is 15.5. The Morgan fingerprint density at radius 1 is 1.23 bits per heavy atom. The van der Waals surface area contributed by atoms with Crippen LogP contribution >= 0.6 is 0 Å². The fourth-order valence-corrected chi connectivity index (χ4v) is 3.33. The van der Waals surface area contributed by atoms with E-state index in [0.29, 0.717) is 12.1 Å². The number of hydrogen-bond donors (Lipinski definition) is 2. The van der Waals surface area contributed by atoms with Crippen molar-refractivity contribution in [1.82, 2.24) is 10.2 Å². The second-order valence-electron chi connectivity index (χ2n) is 6.32. The molecule has 3 atom stereocenters. The van der Waals surface area contributed by atoms with E-state index >= 15 is 0 Å². The monoisotopic (exact) mass is 302 g/mol. The first-order chi connectivity index (χ1) is 10.8. The molecule has 4 nitrogen and oxygen atoms in total. The minimum Gasteiger partial charge on any atom is -0.497 e. The largest absolute Gasteiger partial charge is 0.497 e. The van der Waals surface area contributed by atoms with Gasteiger partial charge in [-0.1, -0.05) is 30.3 Å². The SMILES string of the molecule is O[C@@H]1C[C@H](CNC[C@H]2CCC=CO2)N(Cc2ccccc2)C1. The molecule has 0 aromatic heterocycles. The van der Waals surface area contributed by atoms with Gasteiger partial charge in [0.2, 0.25) is 0 Å². The van der Waals surface area contributed by atoms with E-state index in [9.17, 15) is 5.11 Å². The van der Waals surface area contributed by atoms with E-state index < -0.39 is 0 Å². The highest BCUT2D eigenvalue weighted by Crippen LogP contribution is 2.20. The first-order valence-electron chi connectivity index (χ1n) is 8.28. The highest BCUT2D eigenvalue weighted by molar-refractivity contribution is 5.15. The molecule has 0 spiro atoms. The Morgan fingerprint density at radius 2 is 2.09 bits per heavy atom. The first-order valence-corrected chi connectivity index (χ1v) is 8.28. The van der Waals surface area contributed by atoms with Gasteiger partial charge in [-0.25, -0.2) is 0 Å². The average molecular weight is 302 g/mol. The van der Waals surface area contributed by atoms with Gasteiger partial charge >= 0.3 is 0 Å². The summed E-state index contributed by atoms with van der Waals surface area (Å²) in [5, 5.41) is 13.5. The van der Waals surface area contributed by atoms with Crippen LogP contribution in [0.5, 0.6) is 0 Å². The molecule has 0 radical (unpaired) electrons. The molecule has 1 aromatic carbocycles. The molecule has 1 fully saturated rings. The van der Waals surface area contributed by atoms with Crippen molar-refractivity contribution in [2.75, 3.05) is 19.6 Å². The third-order valence-electron chi connectivity index (χ3n) is 4.51. The van der Waals surface area contributed by atoms with E-state index in [1.807, 2.05) is 12.3 Å². The maximum absolute atomic E-state index is 9.99. The van der Waals surface area contributed by atoms with Crippen molar-refractivity contribution < 1.29 is 9.84 Å². The van der Waals surface area contributed by atoms with E-state index in [-0.39, 0.29) is 6.10 Å². The number of β-amino-alcohol motifs (C(OH)–C–C–N with tert-alkyl or cyclic N) is 1. The molecule has 0 amide bonds. The van der Waals surface area contributed by atoms with Gasteiger partial charge in [0.1, 0.15) is 6.10 Å². The summed E-state index contributed by atoms with van der Waals surface area (Å²) in [6.07, 6.45) is 7.02. The number of ether oxygens (including phenoxy) is 1. The lowest BCUT2D eigenvalue weighted by molar-refractivity contribution is 0.119. The van der Waals surface area contributed by atoms with Crippen LogP contribution in [-0.4, -0.2) is 47.9 Å². The number of aliphatic hydroxyl groups excluding tert-OH is 1. The van der Waals surface area contributed by atoms with Crippen LogP contribution < -0.4 is 5.32 Å². The lowest BCUT2D eigenvalue weighted by Crippen LogP contribution is -2.40. The van der Waals surface area contributed by atoms with Crippen LogP contribution in [-0.2, 0) is 11.3 Å². The molecule has 0 bridgehead atoms. The second-order valence-corrected chi connectivity index (χ2v) is 6.32. The summed E-state index contributed by atoms with van der Waals surface area (Å²) in [6.45, 7) is 3.47. The summed E-state index contributed by atoms with van der Waals surface area (Å²) in [4.78, 5) is 2.38. The Balaban J connectivity index is 1.47. The fourth-order valence-electron chi connectivity index (χ4n) is 3.33. The summed E-state index contributed by atoms with van der Waals surface area (Å²) < 4.78 is 5.58. The van der Waals surface area contributed by atoms with Gasteiger partial charge in [-0.3, -0.25) is 4.90 Å². The van der Waals surface area contributed by atoms with Crippen LogP contribution in [0.25, 0.3) is 0 Å². The van der Waals surface area contributed by atoms with E-state index in [1.165, 1.54) is 5.56 Å². The Morgan fingerprint density at radius 3 is 2.86 bits per heavy atom. The minimum atomic E-state index is -0.204. The lowest BCUT2D eigenvalue weighted by Gasteiger charge is -2.26. The zero-order valence-electron chi connectivity index (χ0n) is 13.0. The molecule has 120 valence electrons. The fraction of sp³-hybridized carbons (Fsp3) is 0.556. The number of allylic oxidation sites excluding steroid dienone is 1. The Bertz CT molecular complexity index is 477. The second kappa shape index (κ2) is 7.77. The molecular formula is C18H26N2O2. The zero-order chi connectivity index (χ0) is 15.2. The number of benzene rings is 1. The molecule has 3 rings (SSSR count). The molecule has 22 heavy (non-hydrogen) atoms. The summed E-state index contributed by atoms with van der Waals surface area (Å²) >= 11 is 0. The van der Waals surface area contributed by atoms with Gasteiger partial charge in [-0.15, -0.1) is 0 Å². The molecule has 0 saturated carbocycles. The molecule has 2 aliphatic heterocycles. The highest BCUT2D eigenvalue weighted by Gasteiger charge is 2.30. The van der Waals surface area contributed by atoms with Crippen molar-refractivity contribution in [3.63, 3.8) is 0 Å². The molecule has 2 N–H and O–H groups in total. The van der Waals surface area contributed by atoms with Crippen LogP contribution in [0.2, 0.25) is 0 Å². The molecule has 1 aromatic rings. The molecule has 2 aliphatic rings. The van der Waals surface area contributed by atoms with Crippen molar-refractivity contribution in [3.8, 4) is 0 Å². The van der Waals surface area contributed by atoms with Gasteiger partial charge in [-0.05, 0) is 30.9 Å². The third kappa shape index (κ3) is 4.32. The Kier molecular flexibility index (Phi) is 5.48. The standard InChI is InChI=1S/C18H26N2O2/c21-17-10-16(11-19-12-18-8-4-5-9-22-18)20(14-17)13-15-6-2-1-3-7-15/h1-3,5-7,9,16-19,21H,4,8,10-14H2/t16-,17-,18-/m1/s1. The molecule has 4 heteroatoms. The molecule has 2 heterocycles. The van der Waals surface area contributed by atoms with Crippen molar-refractivity contribution in [1.29, 1.82) is 0 Å². The van der Waals surface area contributed by atoms with Gasteiger partial charge in [0.15, 0.2) is 0 Å². The molecule has 1 saturated heterocycles. The predicted octanol–water partition coefficient (Wildman–Crippen LogP) is 1.90. The number of nitrogens with zero attached hydrogens (tertiary/aromatic N) is 1. The summed E-state index contributed by atoms with van der Waals surface area (Å²) in [7, 11) is 0. The van der Waals surface area contributed by atoms with Crippen LogP contribution in [0, 0.1) is 0 Å². The van der Waals surface area contributed by atoms with Gasteiger partial charge in [0, 0.05) is 32.2 Å². The lowest BCUT2D eigenvalue weighted by atomic mass is 10.1. The molecule has 0 unspecified atom stereocenters. The van der Waals surface area contributed by atoms with E-state index in [4.69, 9.17) is 4.74 Å². The van der Waals surface area contributed by atoms with Crippen molar-refractivity contribution in [2.24, 2.45) is 0 Å². The van der Waals surface area contributed by atoms with Crippen LogP contribution in [0.4, 0.5) is 0 Å². The summed E-state index contributed by atoms with van der Waals surface area (Å²) in [5.74, 6) is 0. The predicted molar refractivity (Wildman–Crippen MR) is 87.4 cm³/mol. The van der Waals surface area contributed by atoms with Gasteiger partial charge in [-0.2, -0.15) is 0 Å². The van der Waals surface area contributed by atoms with Gasteiger partial charge < -0.3 is 15.2 Å². The van der Waals surface area contributed by atoms with Crippen LogP contribution in [0.3, 0.4) is 0 Å². The number of rotatable bonds is 6. The van der Waals surface area contributed by atoms with Crippen LogP contribution in [0.15, 0.2) is 42.7 Å². The highest BCUT2D eigenvalue weighted by atomic mass is 16.5. The number of aliphatic hydroxyl groups is 1. The maximum Gasteiger partial charge on any atom is 0.110 e. The zero-order valence-corrected chi connectivity index (χ0v) is 13.0. The average Bonchev–Trinajstić information content (AvgIpc) is 2.89. The van der Waals surface area contributed by atoms with Gasteiger partial charge in [0.05, 0.1) is 12.4 Å². The Labute approximate surface area is 132 Å². The number of likely N-dealkylation sites (tertiary alicyclic amines) is 1. The van der Waals surface area contributed by atoms with Crippen molar-refractivity contribution in [2.45, 2.75) is 44.1 Å². The van der Waals surface area contributed by atoms with Crippen molar-refractivity contribution >= 4 is 0 Å². The van der Waals surface area contributed by atoms with Crippen LogP contribution in [0.1, 0.15) is 24.8 Å². The topological polar surface area (TPSA) is 44.7 Å². The van der Waals surface area contributed by atoms with Crippen molar-refractivity contribution in [3.05, 3.63) is 48.2 Å². The van der Waals surface area contributed by atoms with E-state index in [2.05, 4.69) is 40.6 Å². The number of nitrogens with one attached hydrogen (secondary N) is 1. The Hall–Kier alpha value is -1.36. The maximum atomic E-state index is 9.99. The quantitative estimate of drug-likeness (QED) is 0.842. The number of hydrogen-bond acceptors (Lipinski definition) is 4. The summed E-state index contributed by atoms with van der Waals surface area (Å²) in [5.41, 5.74) is 1.31.